The summed E-state index contributed by atoms with van der Waals surface area (Å²) in [4.78, 5) is 14.8. The third-order valence-electron chi connectivity index (χ3n) is 5.41. The van der Waals surface area contributed by atoms with Crippen molar-refractivity contribution < 1.29 is 4.79 Å². The molecule has 0 saturated carbocycles. The van der Waals surface area contributed by atoms with Crippen LogP contribution < -0.4 is 0 Å². The van der Waals surface area contributed by atoms with Gasteiger partial charge in [0.1, 0.15) is 0 Å². The monoisotopic (exact) mass is 345 g/mol. The van der Waals surface area contributed by atoms with E-state index >= 15 is 0 Å². The van der Waals surface area contributed by atoms with Crippen molar-refractivity contribution in [1.29, 1.82) is 0 Å². The van der Waals surface area contributed by atoms with Crippen LogP contribution in [0.5, 0.6) is 0 Å². The lowest BCUT2D eigenvalue weighted by molar-refractivity contribution is 0.0787. The number of fused-ring (bicyclic) bond motifs is 1. The quantitative estimate of drug-likeness (QED) is 0.572. The highest BCUT2D eigenvalue weighted by Crippen LogP contribution is 2.27. The molecule has 0 unspecified atom stereocenters. The Labute approximate surface area is 156 Å². The van der Waals surface area contributed by atoms with E-state index in [2.05, 4.69) is 45.0 Å². The zero-order valence-electron chi connectivity index (χ0n) is 16.1. The van der Waals surface area contributed by atoms with E-state index < -0.39 is 0 Å². The number of amides is 1. The maximum atomic E-state index is 13.0. The summed E-state index contributed by atoms with van der Waals surface area (Å²) in [7, 11) is 1.87. The number of carbonyl (C=O) groups is 1. The first-order valence-corrected chi connectivity index (χ1v) is 9.25. The zero-order chi connectivity index (χ0) is 18.7. The molecule has 0 saturated heterocycles. The predicted octanol–water partition coefficient (Wildman–Crippen LogP) is 5.80. The van der Waals surface area contributed by atoms with E-state index in [4.69, 9.17) is 0 Å². The molecule has 0 fully saturated rings. The van der Waals surface area contributed by atoms with Gasteiger partial charge in [0.05, 0.1) is 0 Å². The molecule has 3 rings (SSSR count). The lowest BCUT2D eigenvalue weighted by atomic mass is 9.82. The van der Waals surface area contributed by atoms with Gasteiger partial charge in [-0.05, 0) is 39.8 Å². The molecule has 3 aromatic rings. The molecule has 0 spiro atoms. The van der Waals surface area contributed by atoms with Gasteiger partial charge in [-0.25, -0.2) is 0 Å². The number of rotatable bonds is 5. The lowest BCUT2D eigenvalue weighted by Crippen LogP contribution is -2.26. The summed E-state index contributed by atoms with van der Waals surface area (Å²) in [5.41, 5.74) is 3.43. The molecule has 0 aliphatic rings. The van der Waals surface area contributed by atoms with Crippen molar-refractivity contribution >= 4 is 16.7 Å². The number of nitrogens with zero attached hydrogens (tertiary/aromatic N) is 1. The molecular weight excluding hydrogens is 318 g/mol. The first-order chi connectivity index (χ1) is 12.4. The van der Waals surface area contributed by atoms with E-state index in [0.29, 0.717) is 6.54 Å². The van der Waals surface area contributed by atoms with Gasteiger partial charge in [-0.3, -0.25) is 4.79 Å². The smallest absolute Gasteiger partial charge is 0.254 e. The van der Waals surface area contributed by atoms with Crippen molar-refractivity contribution in [2.45, 2.75) is 39.2 Å². The third kappa shape index (κ3) is 3.65. The maximum absolute atomic E-state index is 13.0. The van der Waals surface area contributed by atoms with E-state index in [0.717, 1.165) is 28.3 Å². The van der Waals surface area contributed by atoms with Crippen molar-refractivity contribution in [1.82, 2.24) is 4.90 Å². The fraction of sp³-hybridized carbons (Fsp3) is 0.292. The first-order valence-electron chi connectivity index (χ1n) is 9.25. The molecule has 3 aromatic carbocycles. The highest BCUT2D eigenvalue weighted by Gasteiger charge is 2.18. The van der Waals surface area contributed by atoms with Crippen LogP contribution in [-0.4, -0.2) is 17.9 Å². The minimum Gasteiger partial charge on any atom is -0.337 e. The molecule has 0 radical (unpaired) electrons. The van der Waals surface area contributed by atoms with Gasteiger partial charge in [-0.1, -0.05) is 81.4 Å². The Morgan fingerprint density at radius 2 is 1.58 bits per heavy atom. The SMILES string of the molecule is CCC(C)(C)c1ccc(CN(C)C(=O)c2cccc3ccccc23)cc1. The molecule has 0 aliphatic carbocycles. The second-order valence-corrected chi connectivity index (χ2v) is 7.62. The third-order valence-corrected chi connectivity index (χ3v) is 5.41. The Kier molecular flexibility index (Phi) is 5.13. The fourth-order valence-corrected chi connectivity index (χ4v) is 3.23. The Balaban J connectivity index is 1.79. The van der Waals surface area contributed by atoms with Gasteiger partial charge in [0.25, 0.3) is 5.91 Å². The fourth-order valence-electron chi connectivity index (χ4n) is 3.23. The topological polar surface area (TPSA) is 20.3 Å². The van der Waals surface area contributed by atoms with Crippen molar-refractivity contribution in [3.05, 3.63) is 83.4 Å². The van der Waals surface area contributed by atoms with Crippen LogP contribution >= 0.6 is 0 Å². The molecule has 134 valence electrons. The van der Waals surface area contributed by atoms with Crippen molar-refractivity contribution in [3.8, 4) is 0 Å². The van der Waals surface area contributed by atoms with Crippen LogP contribution in [0.1, 0.15) is 48.7 Å². The van der Waals surface area contributed by atoms with Crippen molar-refractivity contribution in [2.75, 3.05) is 7.05 Å². The van der Waals surface area contributed by atoms with E-state index in [1.807, 2.05) is 49.5 Å². The minimum absolute atomic E-state index is 0.0553. The molecule has 0 aliphatic heterocycles. The average Bonchev–Trinajstić information content (AvgIpc) is 2.67. The van der Waals surface area contributed by atoms with Crippen LogP contribution in [0.3, 0.4) is 0 Å². The van der Waals surface area contributed by atoms with Crippen molar-refractivity contribution in [2.24, 2.45) is 0 Å². The molecule has 0 atom stereocenters. The van der Waals surface area contributed by atoms with Gasteiger partial charge in [0.15, 0.2) is 0 Å². The normalized spacial score (nSPS) is 11.5. The van der Waals surface area contributed by atoms with Gasteiger partial charge in [0.2, 0.25) is 0 Å². The molecule has 0 aromatic heterocycles. The Morgan fingerprint density at radius 1 is 0.923 bits per heavy atom. The standard InChI is InChI=1S/C24H27NO/c1-5-24(2,3)20-15-13-18(14-16-20)17-25(4)23(26)22-12-8-10-19-9-6-7-11-21(19)22/h6-16H,5,17H2,1-4H3. The van der Waals surface area contributed by atoms with Gasteiger partial charge >= 0.3 is 0 Å². The van der Waals surface area contributed by atoms with Crippen LogP contribution in [0, 0.1) is 0 Å². The second-order valence-electron chi connectivity index (χ2n) is 7.62. The summed E-state index contributed by atoms with van der Waals surface area (Å²) < 4.78 is 0. The summed E-state index contributed by atoms with van der Waals surface area (Å²) in [6.07, 6.45) is 1.10. The first kappa shape index (κ1) is 18.2. The van der Waals surface area contributed by atoms with E-state index in [9.17, 15) is 4.79 Å². The van der Waals surface area contributed by atoms with Gasteiger partial charge < -0.3 is 4.90 Å². The van der Waals surface area contributed by atoms with Crippen LogP contribution in [0.4, 0.5) is 0 Å². The lowest BCUT2D eigenvalue weighted by Gasteiger charge is -2.24. The van der Waals surface area contributed by atoms with E-state index in [-0.39, 0.29) is 11.3 Å². The number of carbonyl (C=O) groups excluding carboxylic acids is 1. The molecule has 0 bridgehead atoms. The molecule has 2 heteroatoms. The summed E-state index contributed by atoms with van der Waals surface area (Å²) in [5, 5.41) is 2.10. The summed E-state index contributed by atoms with van der Waals surface area (Å²) in [5.74, 6) is 0.0553. The zero-order valence-corrected chi connectivity index (χ0v) is 16.1. The van der Waals surface area contributed by atoms with Gasteiger partial charge in [0, 0.05) is 19.2 Å². The number of benzene rings is 3. The summed E-state index contributed by atoms with van der Waals surface area (Å²) in [6.45, 7) is 7.34. The molecule has 1 amide bonds. The van der Waals surface area contributed by atoms with Crippen LogP contribution in [-0.2, 0) is 12.0 Å². The van der Waals surface area contributed by atoms with E-state index in [1.54, 1.807) is 4.90 Å². The van der Waals surface area contributed by atoms with Gasteiger partial charge in [-0.15, -0.1) is 0 Å². The Bertz CT molecular complexity index is 904. The average molecular weight is 345 g/mol. The largest absolute Gasteiger partial charge is 0.337 e. The van der Waals surface area contributed by atoms with Crippen molar-refractivity contribution in [3.63, 3.8) is 0 Å². The van der Waals surface area contributed by atoms with Crippen LogP contribution in [0.25, 0.3) is 10.8 Å². The Hall–Kier alpha value is -2.61. The number of hydrogen-bond donors (Lipinski definition) is 0. The second kappa shape index (κ2) is 7.33. The highest BCUT2D eigenvalue weighted by atomic mass is 16.2. The predicted molar refractivity (Wildman–Crippen MR) is 110 cm³/mol. The van der Waals surface area contributed by atoms with Crippen LogP contribution in [0.2, 0.25) is 0 Å². The minimum atomic E-state index is 0.0553. The molecule has 26 heavy (non-hydrogen) atoms. The van der Waals surface area contributed by atoms with E-state index in [1.165, 1.54) is 5.56 Å². The molecule has 2 nitrogen and oxygen atoms in total. The summed E-state index contributed by atoms with van der Waals surface area (Å²) in [6, 6.07) is 22.6. The number of hydrogen-bond acceptors (Lipinski definition) is 1. The Morgan fingerprint density at radius 3 is 2.27 bits per heavy atom. The molecular formula is C24H27NO. The molecule has 0 heterocycles. The molecule has 0 N–H and O–H groups in total. The maximum Gasteiger partial charge on any atom is 0.254 e. The highest BCUT2D eigenvalue weighted by molar-refractivity contribution is 6.06. The van der Waals surface area contributed by atoms with Crippen LogP contribution in [0.15, 0.2) is 66.7 Å². The summed E-state index contributed by atoms with van der Waals surface area (Å²) >= 11 is 0. The van der Waals surface area contributed by atoms with Gasteiger partial charge in [-0.2, -0.15) is 0 Å².